The summed E-state index contributed by atoms with van der Waals surface area (Å²) < 4.78 is 62.0. The first-order valence-electron chi connectivity index (χ1n) is 11.2. The molecule has 0 aliphatic carbocycles. The summed E-state index contributed by atoms with van der Waals surface area (Å²) in [6.07, 6.45) is 4.76. The number of aliphatic carboxylic acids is 2. The van der Waals surface area contributed by atoms with Gasteiger partial charge in [0, 0.05) is 0 Å². The van der Waals surface area contributed by atoms with Gasteiger partial charge >= 0.3 is 11.9 Å². The van der Waals surface area contributed by atoms with Gasteiger partial charge in [-0.25, -0.2) is 0 Å². The van der Waals surface area contributed by atoms with E-state index in [2.05, 4.69) is 0 Å². The average Bonchev–Trinajstić information content (AvgIpc) is 2.65. The Kier molecular flexibility index (Phi) is 12.9. The van der Waals surface area contributed by atoms with E-state index in [1.165, 1.54) is 0 Å². The van der Waals surface area contributed by atoms with Gasteiger partial charge in [-0.3, -0.25) is 18.7 Å². The van der Waals surface area contributed by atoms with Crippen molar-refractivity contribution in [3.63, 3.8) is 0 Å². The van der Waals surface area contributed by atoms with Gasteiger partial charge in [0.2, 0.25) is 9.49 Å². The molecule has 0 saturated heterocycles. The quantitative estimate of drug-likeness (QED) is 0.149. The molecule has 0 radical (unpaired) electrons. The van der Waals surface area contributed by atoms with Crippen molar-refractivity contribution in [3.05, 3.63) is 0 Å². The van der Waals surface area contributed by atoms with Crippen LogP contribution in [0.25, 0.3) is 0 Å². The molecule has 2 unspecified atom stereocenters. The summed E-state index contributed by atoms with van der Waals surface area (Å²) in [5.41, 5.74) is 0. The Balaban J connectivity index is 6.29. The fourth-order valence-electron chi connectivity index (χ4n) is 4.17. The van der Waals surface area contributed by atoms with Gasteiger partial charge in [-0.1, -0.05) is 90.9 Å². The fraction of sp³-hybridized carbons (Fsp3) is 0.900. The highest BCUT2D eigenvalue weighted by Crippen LogP contribution is 2.45. The van der Waals surface area contributed by atoms with E-state index in [-0.39, 0.29) is 12.8 Å². The molecule has 10 nitrogen and oxygen atoms in total. The van der Waals surface area contributed by atoms with Crippen molar-refractivity contribution in [2.75, 3.05) is 0 Å². The maximum absolute atomic E-state index is 12.4. The molecule has 0 heterocycles. The van der Waals surface area contributed by atoms with Crippen LogP contribution >= 0.6 is 0 Å². The van der Waals surface area contributed by atoms with Crippen molar-refractivity contribution in [2.45, 2.75) is 113 Å². The molecule has 0 aromatic carbocycles. The molecule has 190 valence electrons. The highest BCUT2D eigenvalue weighted by molar-refractivity contribution is 7.92. The maximum Gasteiger partial charge on any atom is 0.330 e. The van der Waals surface area contributed by atoms with Gasteiger partial charge < -0.3 is 10.2 Å². The molecule has 0 aliphatic heterocycles. The Morgan fingerprint density at radius 3 is 1.03 bits per heavy atom. The molecule has 0 amide bonds. The molecular weight excluding hydrogens is 464 g/mol. The summed E-state index contributed by atoms with van der Waals surface area (Å²) in [6.45, 7) is 3.95. The number of unbranched alkanes of at least 4 members (excludes halogenated alkanes) is 10. The van der Waals surface area contributed by atoms with Crippen molar-refractivity contribution >= 4 is 32.2 Å². The first kappa shape index (κ1) is 30.8. The van der Waals surface area contributed by atoms with Gasteiger partial charge in [0.05, 0.1) is 0 Å². The van der Waals surface area contributed by atoms with Gasteiger partial charge in [-0.05, 0) is 12.8 Å². The predicted octanol–water partition coefficient (Wildman–Crippen LogP) is 3.91. The third kappa shape index (κ3) is 7.13. The summed E-state index contributed by atoms with van der Waals surface area (Å²) in [6, 6.07) is 0. The van der Waals surface area contributed by atoms with Crippen LogP contribution in [0.5, 0.6) is 0 Å². The van der Waals surface area contributed by atoms with Gasteiger partial charge in [0.15, 0.2) is 0 Å². The molecule has 2 atom stereocenters. The Morgan fingerprint density at radius 1 is 0.562 bits per heavy atom. The normalized spacial score (nSPS) is 16.2. The lowest BCUT2D eigenvalue weighted by molar-refractivity contribution is -0.151. The first-order valence-corrected chi connectivity index (χ1v) is 14.0. The monoisotopic (exact) mass is 502 g/mol. The minimum atomic E-state index is -5.78. The van der Waals surface area contributed by atoms with E-state index in [4.69, 9.17) is 0 Å². The zero-order valence-corrected chi connectivity index (χ0v) is 20.6. The summed E-state index contributed by atoms with van der Waals surface area (Å²) >= 11 is 0. The van der Waals surface area contributed by atoms with Crippen LogP contribution in [-0.4, -0.2) is 57.6 Å². The molecule has 0 bridgehead atoms. The average molecular weight is 503 g/mol. The summed E-state index contributed by atoms with van der Waals surface area (Å²) in [4.78, 5) is 24.5. The third-order valence-electron chi connectivity index (χ3n) is 5.99. The van der Waals surface area contributed by atoms with Crippen molar-refractivity contribution in [3.8, 4) is 0 Å². The lowest BCUT2D eigenvalue weighted by Crippen LogP contribution is -2.70. The van der Waals surface area contributed by atoms with E-state index in [1.807, 2.05) is 13.8 Å². The Bertz CT molecular complexity index is 738. The smallest absolute Gasteiger partial charge is 0.330 e. The Hall–Kier alpha value is -1.24. The first-order chi connectivity index (χ1) is 14.8. The second kappa shape index (κ2) is 13.5. The van der Waals surface area contributed by atoms with E-state index in [0.29, 0.717) is 25.7 Å². The number of hydrogen-bond acceptors (Lipinski definition) is 6. The van der Waals surface area contributed by atoms with Crippen LogP contribution in [0.1, 0.15) is 104 Å². The molecular formula is C20H38O10S2. The molecule has 0 fully saturated rings. The second-order valence-corrected chi connectivity index (χ2v) is 11.5. The highest BCUT2D eigenvalue weighted by Gasteiger charge is 2.75. The Labute approximate surface area is 191 Å². The van der Waals surface area contributed by atoms with Crippen LogP contribution < -0.4 is 0 Å². The van der Waals surface area contributed by atoms with Crippen LogP contribution in [0.15, 0.2) is 0 Å². The highest BCUT2D eigenvalue weighted by atomic mass is 32.2. The van der Waals surface area contributed by atoms with E-state index >= 15 is 0 Å². The SMILES string of the molecule is CCCCCCCCC(C(=O)O)(C(CCCCCCCC)(C(=O)O)S(=O)(=O)O)S(=O)(=O)O. The van der Waals surface area contributed by atoms with Crippen LogP contribution in [-0.2, 0) is 29.8 Å². The number of rotatable bonds is 19. The maximum atomic E-state index is 12.4. The van der Waals surface area contributed by atoms with Gasteiger partial charge in [0.1, 0.15) is 0 Å². The van der Waals surface area contributed by atoms with Crippen molar-refractivity contribution in [1.29, 1.82) is 0 Å². The van der Waals surface area contributed by atoms with E-state index in [9.17, 15) is 45.7 Å². The number of carbonyl (C=O) groups is 2. The largest absolute Gasteiger partial charge is 0.480 e. The molecule has 32 heavy (non-hydrogen) atoms. The standard InChI is InChI=1S/C20H38O10S2/c1-3-5-7-9-11-13-15-19(17(21)22,31(25,26)27)20(18(23)24,32(28,29)30)16-14-12-10-8-6-4-2/h3-16H2,1-2H3,(H,21,22)(H,23,24)(H,25,26,27)(H,28,29,30). The molecule has 0 rings (SSSR count). The molecule has 0 spiro atoms. The summed E-state index contributed by atoms with van der Waals surface area (Å²) in [5.74, 6) is -4.64. The van der Waals surface area contributed by atoms with Crippen LogP contribution in [0.4, 0.5) is 0 Å². The molecule has 12 heteroatoms. The lowest BCUT2D eigenvalue weighted by atomic mass is 9.81. The zero-order valence-electron chi connectivity index (χ0n) is 19.0. The fourth-order valence-corrected chi connectivity index (χ4v) is 7.26. The van der Waals surface area contributed by atoms with Gasteiger partial charge in [-0.15, -0.1) is 0 Å². The van der Waals surface area contributed by atoms with Crippen LogP contribution in [0.2, 0.25) is 0 Å². The molecule has 0 aliphatic rings. The Morgan fingerprint density at radius 2 is 0.812 bits per heavy atom. The van der Waals surface area contributed by atoms with E-state index in [1.54, 1.807) is 0 Å². The van der Waals surface area contributed by atoms with Gasteiger partial charge in [0.25, 0.3) is 20.2 Å². The third-order valence-corrected chi connectivity index (χ3v) is 9.33. The number of hydrogen-bond donors (Lipinski definition) is 4. The van der Waals surface area contributed by atoms with E-state index < -0.39 is 54.5 Å². The predicted molar refractivity (Wildman–Crippen MR) is 120 cm³/mol. The summed E-state index contributed by atoms with van der Waals surface area (Å²) in [7, 11) is -11.6. The minimum absolute atomic E-state index is 0.156. The van der Waals surface area contributed by atoms with Crippen molar-refractivity contribution in [1.82, 2.24) is 0 Å². The van der Waals surface area contributed by atoms with Crippen LogP contribution in [0.3, 0.4) is 0 Å². The molecule has 0 aromatic rings. The summed E-state index contributed by atoms with van der Waals surface area (Å²) in [5, 5.41) is 19.7. The topological polar surface area (TPSA) is 183 Å². The number of carboxylic acids is 2. The van der Waals surface area contributed by atoms with E-state index in [0.717, 1.165) is 38.5 Å². The van der Waals surface area contributed by atoms with Crippen LogP contribution in [0, 0.1) is 0 Å². The second-order valence-electron chi connectivity index (χ2n) is 8.25. The van der Waals surface area contributed by atoms with Crippen molar-refractivity contribution < 1.29 is 45.7 Å². The molecule has 0 aromatic heterocycles. The zero-order chi connectivity index (χ0) is 25.1. The molecule has 0 saturated carbocycles. The number of carboxylic acid groups (broad SMARTS) is 2. The van der Waals surface area contributed by atoms with Gasteiger partial charge in [-0.2, -0.15) is 16.8 Å². The lowest BCUT2D eigenvalue weighted by Gasteiger charge is -2.40. The van der Waals surface area contributed by atoms with Crippen molar-refractivity contribution in [2.24, 2.45) is 0 Å². The molecule has 4 N–H and O–H groups in total. The minimum Gasteiger partial charge on any atom is -0.480 e.